The molecule has 9 heteroatoms. The van der Waals surface area contributed by atoms with Crippen LogP contribution in [0.5, 0.6) is 11.6 Å². The van der Waals surface area contributed by atoms with Crippen molar-refractivity contribution in [2.24, 2.45) is 0 Å². The van der Waals surface area contributed by atoms with Crippen molar-refractivity contribution in [3.63, 3.8) is 0 Å². The molecule has 2 aromatic carbocycles. The zero-order valence-electron chi connectivity index (χ0n) is 17.0. The quantitative estimate of drug-likeness (QED) is 0.546. The lowest BCUT2D eigenvalue weighted by atomic mass is 9.96. The number of aromatic nitrogens is 2. The maximum atomic E-state index is 13.2. The minimum absolute atomic E-state index is 0.00906. The van der Waals surface area contributed by atoms with Gasteiger partial charge in [0.1, 0.15) is 5.75 Å². The minimum Gasteiger partial charge on any atom is -0.497 e. The van der Waals surface area contributed by atoms with E-state index in [1.54, 1.807) is 24.3 Å². The van der Waals surface area contributed by atoms with Crippen molar-refractivity contribution in [1.82, 2.24) is 9.78 Å². The van der Waals surface area contributed by atoms with Gasteiger partial charge in [0, 0.05) is 11.6 Å². The van der Waals surface area contributed by atoms with E-state index in [1.165, 1.54) is 21.1 Å². The summed E-state index contributed by atoms with van der Waals surface area (Å²) in [4.78, 5) is 24.7. The first-order chi connectivity index (χ1) is 14.6. The Bertz CT molecular complexity index is 1170. The number of ketones is 1. The number of nitrogens with zero attached hydrogens (tertiary/aromatic N) is 2. The number of ether oxygens (including phenoxy) is 2. The Hall–Kier alpha value is -3.62. The van der Waals surface area contributed by atoms with E-state index in [0.717, 1.165) is 34.5 Å². The van der Waals surface area contributed by atoms with E-state index in [1.807, 2.05) is 0 Å². The Balaban J connectivity index is 2.11. The molecular weight excluding hydrogens is 413 g/mol. The molecule has 0 bridgehead atoms. The lowest BCUT2D eigenvalue weighted by Gasteiger charge is -2.15. The second-order valence-electron chi connectivity index (χ2n) is 6.73. The SMILES string of the molecule is COc1ccc(Cn2nc(OC)c(-c3cc(C(F)(F)F)ccc3C(C)=O)cc2=O)cc1. The standard InChI is InChI=1S/C22H19F3N2O4/c1-13(28)17-9-6-15(22(23,24)25)10-18(17)19-11-20(29)27(26-21(19)31-3)12-14-4-7-16(30-2)8-5-14/h4-11H,12H2,1-3H3. The van der Waals surface area contributed by atoms with Crippen LogP contribution < -0.4 is 15.0 Å². The van der Waals surface area contributed by atoms with Gasteiger partial charge in [0.05, 0.1) is 31.9 Å². The fourth-order valence-corrected chi connectivity index (χ4v) is 3.08. The van der Waals surface area contributed by atoms with E-state index in [-0.39, 0.29) is 29.1 Å². The molecular formula is C22H19F3N2O4. The lowest BCUT2D eigenvalue weighted by Crippen LogP contribution is -2.24. The zero-order valence-corrected chi connectivity index (χ0v) is 17.0. The van der Waals surface area contributed by atoms with Crippen LogP contribution in [0.4, 0.5) is 13.2 Å². The first-order valence-electron chi connectivity index (χ1n) is 9.15. The van der Waals surface area contributed by atoms with Crippen molar-refractivity contribution in [3.05, 3.63) is 75.6 Å². The lowest BCUT2D eigenvalue weighted by molar-refractivity contribution is -0.137. The average molecular weight is 432 g/mol. The molecule has 0 fully saturated rings. The molecule has 3 rings (SSSR count). The second kappa shape index (κ2) is 8.63. The number of methoxy groups -OCH3 is 2. The number of carbonyl (C=O) groups excluding carboxylic acids is 1. The number of halogens is 3. The van der Waals surface area contributed by atoms with E-state index in [2.05, 4.69) is 5.10 Å². The van der Waals surface area contributed by atoms with Crippen LogP contribution in [0.2, 0.25) is 0 Å². The van der Waals surface area contributed by atoms with E-state index in [4.69, 9.17) is 9.47 Å². The summed E-state index contributed by atoms with van der Waals surface area (Å²) in [5.74, 6) is 0.126. The molecule has 1 aromatic heterocycles. The topological polar surface area (TPSA) is 70.4 Å². The first kappa shape index (κ1) is 22.1. The van der Waals surface area contributed by atoms with Crippen molar-refractivity contribution < 1.29 is 27.4 Å². The van der Waals surface area contributed by atoms with Crippen LogP contribution in [0.1, 0.15) is 28.4 Å². The van der Waals surface area contributed by atoms with Gasteiger partial charge in [0.15, 0.2) is 5.78 Å². The molecule has 1 heterocycles. The molecule has 6 nitrogen and oxygen atoms in total. The third-order valence-corrected chi connectivity index (χ3v) is 4.67. The predicted octanol–water partition coefficient (Wildman–Crippen LogP) is 4.20. The number of benzene rings is 2. The monoisotopic (exact) mass is 432 g/mol. The second-order valence-corrected chi connectivity index (χ2v) is 6.73. The number of alkyl halides is 3. The Morgan fingerprint density at radius 2 is 1.68 bits per heavy atom. The summed E-state index contributed by atoms with van der Waals surface area (Å²) in [6.07, 6.45) is -4.62. The predicted molar refractivity (Wildman–Crippen MR) is 108 cm³/mol. The van der Waals surface area contributed by atoms with E-state index in [9.17, 15) is 22.8 Å². The third-order valence-electron chi connectivity index (χ3n) is 4.67. The molecule has 0 radical (unpaired) electrons. The molecule has 0 aliphatic carbocycles. The molecule has 0 aliphatic heterocycles. The van der Waals surface area contributed by atoms with Gasteiger partial charge in [-0.1, -0.05) is 18.2 Å². The fraction of sp³-hybridized carbons (Fsp3) is 0.227. The number of rotatable bonds is 6. The summed E-state index contributed by atoms with van der Waals surface area (Å²) < 4.78 is 51.2. The van der Waals surface area contributed by atoms with Crippen LogP contribution in [-0.4, -0.2) is 29.8 Å². The highest BCUT2D eigenvalue weighted by atomic mass is 19.4. The van der Waals surface area contributed by atoms with Gasteiger partial charge >= 0.3 is 6.18 Å². The molecule has 0 N–H and O–H groups in total. The molecule has 0 saturated heterocycles. The molecule has 162 valence electrons. The van der Waals surface area contributed by atoms with Crippen LogP contribution in [-0.2, 0) is 12.7 Å². The molecule has 0 aliphatic rings. The molecule has 0 unspecified atom stereocenters. The van der Waals surface area contributed by atoms with E-state index < -0.39 is 23.1 Å². The molecule has 0 atom stereocenters. The summed E-state index contributed by atoms with van der Waals surface area (Å²) in [5, 5.41) is 4.16. The first-order valence-corrected chi connectivity index (χ1v) is 9.15. The summed E-state index contributed by atoms with van der Waals surface area (Å²) in [6.45, 7) is 1.35. The van der Waals surface area contributed by atoms with Crippen LogP contribution in [0, 0.1) is 0 Å². The minimum atomic E-state index is -4.62. The fourth-order valence-electron chi connectivity index (χ4n) is 3.08. The van der Waals surface area contributed by atoms with Crippen molar-refractivity contribution in [3.8, 4) is 22.8 Å². The number of hydrogen-bond acceptors (Lipinski definition) is 5. The Kier molecular flexibility index (Phi) is 6.14. The van der Waals surface area contributed by atoms with Crippen LogP contribution in [0.3, 0.4) is 0 Å². The summed E-state index contributed by atoms with van der Waals surface area (Å²) in [6, 6.07) is 10.8. The molecule has 0 amide bonds. The Morgan fingerprint density at radius 3 is 2.23 bits per heavy atom. The van der Waals surface area contributed by atoms with Crippen LogP contribution >= 0.6 is 0 Å². The van der Waals surface area contributed by atoms with Crippen LogP contribution in [0.25, 0.3) is 11.1 Å². The summed E-state index contributed by atoms with van der Waals surface area (Å²) >= 11 is 0. The highest BCUT2D eigenvalue weighted by Gasteiger charge is 2.32. The molecule has 0 saturated carbocycles. The third kappa shape index (κ3) is 4.76. The van der Waals surface area contributed by atoms with Crippen molar-refractivity contribution >= 4 is 5.78 Å². The Morgan fingerprint density at radius 1 is 1.00 bits per heavy atom. The Labute approximate surface area is 175 Å². The van der Waals surface area contributed by atoms with Crippen LogP contribution in [0.15, 0.2) is 53.3 Å². The van der Waals surface area contributed by atoms with E-state index in [0.29, 0.717) is 5.75 Å². The smallest absolute Gasteiger partial charge is 0.416 e. The van der Waals surface area contributed by atoms with Gasteiger partial charge in [-0.2, -0.15) is 13.2 Å². The number of Topliss-reactive ketones (excluding diaryl/α,β-unsaturated/α-hetero) is 1. The normalized spacial score (nSPS) is 11.3. The largest absolute Gasteiger partial charge is 0.497 e. The van der Waals surface area contributed by atoms with Crippen molar-refractivity contribution in [1.29, 1.82) is 0 Å². The average Bonchev–Trinajstić information content (AvgIpc) is 2.74. The molecule has 3 aromatic rings. The molecule has 31 heavy (non-hydrogen) atoms. The van der Waals surface area contributed by atoms with Gasteiger partial charge < -0.3 is 9.47 Å². The van der Waals surface area contributed by atoms with Gasteiger partial charge in [0.25, 0.3) is 5.56 Å². The van der Waals surface area contributed by atoms with E-state index >= 15 is 0 Å². The van der Waals surface area contributed by atoms with Gasteiger partial charge in [0.2, 0.25) is 5.88 Å². The summed E-state index contributed by atoms with van der Waals surface area (Å²) in [7, 11) is 2.82. The van der Waals surface area contributed by atoms with Gasteiger partial charge in [-0.05, 0) is 42.3 Å². The highest BCUT2D eigenvalue weighted by molar-refractivity contribution is 6.01. The maximum Gasteiger partial charge on any atom is 0.416 e. The number of carbonyl (C=O) groups is 1. The molecule has 0 spiro atoms. The van der Waals surface area contributed by atoms with Gasteiger partial charge in [-0.15, -0.1) is 5.10 Å². The van der Waals surface area contributed by atoms with Crippen molar-refractivity contribution in [2.75, 3.05) is 14.2 Å². The zero-order chi connectivity index (χ0) is 22.8. The van der Waals surface area contributed by atoms with Gasteiger partial charge in [-0.25, -0.2) is 4.68 Å². The van der Waals surface area contributed by atoms with Gasteiger partial charge in [-0.3, -0.25) is 9.59 Å². The van der Waals surface area contributed by atoms with Crippen molar-refractivity contribution in [2.45, 2.75) is 19.6 Å². The number of hydrogen-bond donors (Lipinski definition) is 0. The highest BCUT2D eigenvalue weighted by Crippen LogP contribution is 2.36. The summed E-state index contributed by atoms with van der Waals surface area (Å²) in [5.41, 5.74) is -0.778. The maximum absolute atomic E-state index is 13.2.